The smallest absolute Gasteiger partial charge is 0.404 e. The monoisotopic (exact) mass is 287 g/mol. The van der Waals surface area contributed by atoms with Gasteiger partial charge in [-0.15, -0.1) is 0 Å². The Hall–Kier alpha value is -2.05. The number of hydrogen-bond donors (Lipinski definition) is 2. The second-order valence-electron chi connectivity index (χ2n) is 4.73. The third-order valence-electron chi connectivity index (χ3n) is 3.42. The van der Waals surface area contributed by atoms with Gasteiger partial charge in [0, 0.05) is 30.9 Å². The molecular weight excluding hydrogens is 275 g/mol. The molecular formula is C13H12F3NO3. The van der Waals surface area contributed by atoms with E-state index in [1.807, 2.05) is 0 Å². The molecule has 0 heterocycles. The summed E-state index contributed by atoms with van der Waals surface area (Å²) >= 11 is 0. The van der Waals surface area contributed by atoms with Crippen molar-refractivity contribution in [3.8, 4) is 0 Å². The summed E-state index contributed by atoms with van der Waals surface area (Å²) in [5, 5.41) is 10.9. The molecule has 1 amide bonds. The summed E-state index contributed by atoms with van der Waals surface area (Å²) in [6, 6.07) is 0.314. The average molecular weight is 287 g/mol. The Balaban J connectivity index is 2.35. The molecule has 0 radical (unpaired) electrons. The molecule has 2 N–H and O–H groups in total. The molecule has 0 aliphatic heterocycles. The molecule has 1 aliphatic rings. The molecule has 0 unspecified atom stereocenters. The van der Waals surface area contributed by atoms with E-state index in [4.69, 9.17) is 5.11 Å². The molecule has 7 heteroatoms. The van der Waals surface area contributed by atoms with Crippen molar-refractivity contribution >= 4 is 11.9 Å². The zero-order valence-electron chi connectivity index (χ0n) is 10.3. The van der Waals surface area contributed by atoms with Crippen LogP contribution in [0.1, 0.15) is 30.7 Å². The fourth-order valence-electron chi connectivity index (χ4n) is 2.51. The Morgan fingerprint density at radius 3 is 2.50 bits per heavy atom. The summed E-state index contributed by atoms with van der Waals surface area (Å²) in [5.74, 6) is -4.30. The Kier molecular flexibility index (Phi) is 3.96. The van der Waals surface area contributed by atoms with Crippen LogP contribution in [0, 0.1) is 17.5 Å². The van der Waals surface area contributed by atoms with E-state index in [1.165, 1.54) is 0 Å². The van der Waals surface area contributed by atoms with Crippen LogP contribution in [0.4, 0.5) is 18.0 Å². The number of benzene rings is 1. The lowest BCUT2D eigenvalue weighted by Gasteiger charge is -2.31. The van der Waals surface area contributed by atoms with Gasteiger partial charge in [0.05, 0.1) is 0 Å². The predicted octanol–water partition coefficient (Wildman–Crippen LogP) is 2.58. The first-order valence-corrected chi connectivity index (χ1v) is 6.04. The molecule has 1 aromatic carbocycles. The van der Waals surface area contributed by atoms with Crippen LogP contribution in [0.2, 0.25) is 0 Å². The lowest BCUT2D eigenvalue weighted by atomic mass is 9.79. The number of nitrogens with one attached hydrogen (secondary N) is 1. The van der Waals surface area contributed by atoms with Gasteiger partial charge in [0.15, 0.2) is 11.6 Å². The van der Waals surface area contributed by atoms with Gasteiger partial charge in [-0.3, -0.25) is 4.79 Å². The van der Waals surface area contributed by atoms with Crippen LogP contribution in [0.5, 0.6) is 0 Å². The molecule has 0 spiro atoms. The van der Waals surface area contributed by atoms with Gasteiger partial charge < -0.3 is 10.4 Å². The zero-order valence-corrected chi connectivity index (χ0v) is 10.3. The topological polar surface area (TPSA) is 66.4 Å². The first-order chi connectivity index (χ1) is 9.38. The summed E-state index contributed by atoms with van der Waals surface area (Å²) in [5.41, 5.74) is -0.116. The average Bonchev–Trinajstić information content (AvgIpc) is 2.34. The maximum absolute atomic E-state index is 13.8. The first kappa shape index (κ1) is 14.4. The van der Waals surface area contributed by atoms with E-state index < -0.39 is 35.5 Å². The molecule has 1 fully saturated rings. The van der Waals surface area contributed by atoms with Crippen molar-refractivity contribution < 1.29 is 27.9 Å². The van der Waals surface area contributed by atoms with Crippen LogP contribution >= 0.6 is 0 Å². The van der Waals surface area contributed by atoms with Crippen molar-refractivity contribution in [2.24, 2.45) is 0 Å². The summed E-state index contributed by atoms with van der Waals surface area (Å²) in [4.78, 5) is 22.1. The van der Waals surface area contributed by atoms with E-state index in [0.29, 0.717) is 6.07 Å². The van der Waals surface area contributed by atoms with Crippen LogP contribution in [0.25, 0.3) is 0 Å². The second kappa shape index (κ2) is 5.52. The Bertz CT molecular complexity index is 560. The number of ketones is 1. The molecule has 1 saturated carbocycles. The van der Waals surface area contributed by atoms with E-state index in [0.717, 1.165) is 6.07 Å². The summed E-state index contributed by atoms with van der Waals surface area (Å²) < 4.78 is 39.9. The minimum Gasteiger partial charge on any atom is -0.465 e. The van der Waals surface area contributed by atoms with Crippen molar-refractivity contribution in [3.05, 3.63) is 35.1 Å². The number of halogens is 3. The number of carboxylic acid groups (broad SMARTS) is 1. The van der Waals surface area contributed by atoms with E-state index in [2.05, 4.69) is 5.32 Å². The van der Waals surface area contributed by atoms with Crippen LogP contribution < -0.4 is 5.32 Å². The van der Waals surface area contributed by atoms with Gasteiger partial charge in [0.1, 0.15) is 11.6 Å². The summed E-state index contributed by atoms with van der Waals surface area (Å²) in [6.07, 6.45) is -1.10. The van der Waals surface area contributed by atoms with E-state index in [1.54, 1.807) is 0 Å². The van der Waals surface area contributed by atoms with Gasteiger partial charge in [-0.25, -0.2) is 18.0 Å². The highest BCUT2D eigenvalue weighted by Gasteiger charge is 2.33. The summed E-state index contributed by atoms with van der Waals surface area (Å²) in [6.45, 7) is 0. The molecule has 1 aliphatic carbocycles. The van der Waals surface area contributed by atoms with Gasteiger partial charge in [-0.2, -0.15) is 0 Å². The molecule has 1 aromatic rings. The van der Waals surface area contributed by atoms with Crippen LogP contribution in [0.3, 0.4) is 0 Å². The molecule has 0 aromatic heterocycles. The maximum atomic E-state index is 13.8. The molecule has 0 saturated heterocycles. The van der Waals surface area contributed by atoms with Gasteiger partial charge in [0.25, 0.3) is 0 Å². The minimum atomic E-state index is -1.35. The van der Waals surface area contributed by atoms with Crippen LogP contribution in [-0.4, -0.2) is 23.0 Å². The highest BCUT2D eigenvalue weighted by molar-refractivity contribution is 5.81. The number of rotatable bonds is 2. The fourth-order valence-corrected chi connectivity index (χ4v) is 2.51. The van der Waals surface area contributed by atoms with Crippen molar-refractivity contribution in [1.29, 1.82) is 0 Å². The quantitative estimate of drug-likeness (QED) is 0.822. The van der Waals surface area contributed by atoms with Crippen molar-refractivity contribution in [3.63, 3.8) is 0 Å². The number of carbonyl (C=O) groups excluding carboxylic acids is 1. The molecule has 108 valence electrons. The third kappa shape index (κ3) is 2.92. The Morgan fingerprint density at radius 1 is 1.20 bits per heavy atom. The van der Waals surface area contributed by atoms with Gasteiger partial charge in [-0.1, -0.05) is 0 Å². The van der Waals surface area contributed by atoms with E-state index in [9.17, 15) is 22.8 Å². The second-order valence-corrected chi connectivity index (χ2v) is 4.73. The molecule has 2 rings (SSSR count). The lowest BCUT2D eigenvalue weighted by Crippen LogP contribution is -2.43. The van der Waals surface area contributed by atoms with Crippen molar-refractivity contribution in [1.82, 2.24) is 5.32 Å². The van der Waals surface area contributed by atoms with Crippen LogP contribution in [0.15, 0.2) is 12.1 Å². The Morgan fingerprint density at radius 2 is 1.85 bits per heavy atom. The minimum absolute atomic E-state index is 0.0879. The van der Waals surface area contributed by atoms with Crippen molar-refractivity contribution in [2.45, 2.75) is 31.2 Å². The highest BCUT2D eigenvalue weighted by Crippen LogP contribution is 2.34. The lowest BCUT2D eigenvalue weighted by molar-refractivity contribution is -0.121. The normalized spacial score (nSPS) is 22.6. The standard InChI is InChI=1S/C13H12F3NO3/c14-9-5-11(16)10(15)4-8(9)7-2-1-6(18)3-12(7)17-13(19)20/h4-5,7,12,17H,1-3H2,(H,19,20)/t7-,12-/m1/s1. The third-order valence-corrected chi connectivity index (χ3v) is 3.42. The van der Waals surface area contributed by atoms with E-state index in [-0.39, 0.29) is 30.6 Å². The number of amides is 1. The Labute approximate surface area is 112 Å². The van der Waals surface area contributed by atoms with E-state index >= 15 is 0 Å². The van der Waals surface area contributed by atoms with Gasteiger partial charge in [-0.05, 0) is 18.1 Å². The zero-order chi connectivity index (χ0) is 14.9. The molecule has 0 bridgehead atoms. The van der Waals surface area contributed by atoms with Gasteiger partial charge in [0.2, 0.25) is 0 Å². The number of Topliss-reactive ketones (excluding diaryl/α,β-unsaturated/α-hetero) is 1. The molecule has 4 nitrogen and oxygen atoms in total. The highest BCUT2D eigenvalue weighted by atomic mass is 19.2. The maximum Gasteiger partial charge on any atom is 0.404 e. The summed E-state index contributed by atoms with van der Waals surface area (Å²) in [7, 11) is 0. The SMILES string of the molecule is O=C1CC[C@H](c2cc(F)c(F)cc2F)[C@H](NC(=O)O)C1. The fraction of sp³-hybridized carbons (Fsp3) is 0.385. The molecule has 2 atom stereocenters. The number of hydrogen-bond acceptors (Lipinski definition) is 2. The molecule has 20 heavy (non-hydrogen) atoms. The van der Waals surface area contributed by atoms with Gasteiger partial charge >= 0.3 is 6.09 Å². The van der Waals surface area contributed by atoms with Crippen molar-refractivity contribution in [2.75, 3.05) is 0 Å². The largest absolute Gasteiger partial charge is 0.465 e. The van der Waals surface area contributed by atoms with Crippen LogP contribution in [-0.2, 0) is 4.79 Å². The number of carbonyl (C=O) groups is 2. The first-order valence-electron chi connectivity index (χ1n) is 6.04. The predicted molar refractivity (Wildman–Crippen MR) is 62.9 cm³/mol.